The van der Waals surface area contributed by atoms with E-state index in [1.165, 1.54) is 18.3 Å². The van der Waals surface area contributed by atoms with E-state index >= 15 is 0 Å². The first kappa shape index (κ1) is 21.5. The normalized spacial score (nSPS) is 17.3. The average molecular weight is 447 g/mol. The van der Waals surface area contributed by atoms with Crippen molar-refractivity contribution in [3.63, 3.8) is 0 Å². The van der Waals surface area contributed by atoms with Crippen molar-refractivity contribution in [2.24, 2.45) is 5.92 Å². The number of ether oxygens (including phenoxy) is 3. The first-order chi connectivity index (χ1) is 16.0. The Kier molecular flexibility index (Phi) is 5.81. The van der Waals surface area contributed by atoms with E-state index in [1.54, 1.807) is 7.11 Å². The third-order valence-corrected chi connectivity index (χ3v) is 6.69. The second kappa shape index (κ2) is 8.90. The number of piperidine rings is 1. The number of nitrogens with one attached hydrogen (secondary N) is 2. The van der Waals surface area contributed by atoms with Gasteiger partial charge in [-0.25, -0.2) is 9.97 Å². The third-order valence-electron chi connectivity index (χ3n) is 6.69. The molecule has 33 heavy (non-hydrogen) atoms. The standard InChI is InChI=1S/C26H30N4O3/c1-15-16(2)30-22-8-7-19(10-20(15)22)33-26-21-11-24(31-4)25(12-23(21)28-14-29-26)32-17(3)18-6-5-9-27-13-18/h7-8,10-12,14,17-18,27,30H,5-6,9,13H2,1-4H3. The van der Waals surface area contributed by atoms with E-state index < -0.39 is 0 Å². The molecule has 2 aromatic heterocycles. The van der Waals surface area contributed by atoms with Gasteiger partial charge in [-0.05, 0) is 70.0 Å². The number of aromatic amines is 1. The van der Waals surface area contributed by atoms with Crippen molar-refractivity contribution in [3.05, 3.63) is 47.9 Å². The van der Waals surface area contributed by atoms with Crippen molar-refractivity contribution in [3.8, 4) is 23.1 Å². The van der Waals surface area contributed by atoms with Crippen molar-refractivity contribution in [1.82, 2.24) is 20.3 Å². The summed E-state index contributed by atoms with van der Waals surface area (Å²) in [7, 11) is 1.65. The second-order valence-corrected chi connectivity index (χ2v) is 8.81. The van der Waals surface area contributed by atoms with Crippen LogP contribution < -0.4 is 19.5 Å². The lowest BCUT2D eigenvalue weighted by Crippen LogP contribution is -2.37. The quantitative estimate of drug-likeness (QED) is 0.419. The molecule has 0 radical (unpaired) electrons. The van der Waals surface area contributed by atoms with E-state index in [-0.39, 0.29) is 6.10 Å². The van der Waals surface area contributed by atoms with Gasteiger partial charge in [0.05, 0.1) is 18.0 Å². The molecular formula is C26H30N4O3. The molecule has 2 unspecified atom stereocenters. The topological polar surface area (TPSA) is 81.3 Å². The van der Waals surface area contributed by atoms with Crippen molar-refractivity contribution in [2.75, 3.05) is 20.2 Å². The van der Waals surface area contributed by atoms with Crippen molar-refractivity contribution >= 4 is 21.8 Å². The van der Waals surface area contributed by atoms with Gasteiger partial charge in [-0.2, -0.15) is 0 Å². The minimum Gasteiger partial charge on any atom is -0.493 e. The lowest BCUT2D eigenvalue weighted by Gasteiger charge is -2.29. The van der Waals surface area contributed by atoms with Crippen LogP contribution in [0.15, 0.2) is 36.7 Å². The van der Waals surface area contributed by atoms with Gasteiger partial charge in [0.1, 0.15) is 18.2 Å². The van der Waals surface area contributed by atoms with Crippen LogP contribution in [0.3, 0.4) is 0 Å². The molecule has 0 amide bonds. The fourth-order valence-corrected chi connectivity index (χ4v) is 4.56. The molecule has 172 valence electrons. The number of benzene rings is 2. The molecule has 7 heteroatoms. The summed E-state index contributed by atoms with van der Waals surface area (Å²) in [5, 5.41) is 5.37. The zero-order chi connectivity index (χ0) is 22.9. The van der Waals surface area contributed by atoms with Crippen LogP contribution in [0.5, 0.6) is 23.1 Å². The molecule has 5 rings (SSSR count). The molecule has 1 aliphatic rings. The molecule has 1 aliphatic heterocycles. The Balaban J connectivity index is 1.46. The molecule has 2 N–H and O–H groups in total. The van der Waals surface area contributed by atoms with Crippen molar-refractivity contribution in [1.29, 1.82) is 0 Å². The van der Waals surface area contributed by atoms with Crippen LogP contribution in [0, 0.1) is 19.8 Å². The molecule has 0 bridgehead atoms. The highest BCUT2D eigenvalue weighted by Crippen LogP contribution is 2.38. The minimum atomic E-state index is 0.0708. The SMILES string of the molecule is COc1cc2c(Oc3ccc4[nH]c(C)c(C)c4c3)ncnc2cc1OC(C)C1CCCNC1. The van der Waals surface area contributed by atoms with E-state index in [9.17, 15) is 0 Å². The third kappa shape index (κ3) is 4.20. The number of nitrogens with zero attached hydrogens (tertiary/aromatic N) is 2. The zero-order valence-corrected chi connectivity index (χ0v) is 19.6. The van der Waals surface area contributed by atoms with Gasteiger partial charge in [0, 0.05) is 35.1 Å². The Morgan fingerprint density at radius 3 is 2.73 bits per heavy atom. The zero-order valence-electron chi connectivity index (χ0n) is 19.6. The first-order valence-corrected chi connectivity index (χ1v) is 11.5. The summed E-state index contributed by atoms with van der Waals surface area (Å²) in [4.78, 5) is 12.3. The second-order valence-electron chi connectivity index (χ2n) is 8.81. The molecule has 4 aromatic rings. The van der Waals surface area contributed by atoms with Gasteiger partial charge in [0.15, 0.2) is 11.5 Å². The fraction of sp³-hybridized carbons (Fsp3) is 0.385. The first-order valence-electron chi connectivity index (χ1n) is 11.5. The Labute approximate surface area is 193 Å². The largest absolute Gasteiger partial charge is 0.493 e. The number of aryl methyl sites for hydroxylation is 2. The molecule has 2 atom stereocenters. The Morgan fingerprint density at radius 2 is 1.94 bits per heavy atom. The molecule has 1 fully saturated rings. The maximum atomic E-state index is 6.34. The van der Waals surface area contributed by atoms with E-state index in [1.807, 2.05) is 30.3 Å². The summed E-state index contributed by atoms with van der Waals surface area (Å²) in [6.07, 6.45) is 3.93. The Bertz CT molecular complexity index is 1290. The summed E-state index contributed by atoms with van der Waals surface area (Å²) in [6, 6.07) is 9.83. The summed E-state index contributed by atoms with van der Waals surface area (Å²) in [6.45, 7) is 8.36. The molecule has 2 aromatic carbocycles. The summed E-state index contributed by atoms with van der Waals surface area (Å²) in [5.74, 6) is 3.01. The number of aromatic nitrogens is 3. The lowest BCUT2D eigenvalue weighted by atomic mass is 9.94. The van der Waals surface area contributed by atoms with Gasteiger partial charge in [-0.1, -0.05) is 0 Å². The number of hydrogen-bond donors (Lipinski definition) is 2. The van der Waals surface area contributed by atoms with Crippen LogP contribution in [-0.2, 0) is 0 Å². The van der Waals surface area contributed by atoms with Gasteiger partial charge < -0.3 is 24.5 Å². The maximum Gasteiger partial charge on any atom is 0.230 e. The molecule has 0 saturated carbocycles. The highest BCUT2D eigenvalue weighted by Gasteiger charge is 2.23. The highest BCUT2D eigenvalue weighted by molar-refractivity contribution is 5.88. The van der Waals surface area contributed by atoms with Crippen LogP contribution in [0.1, 0.15) is 31.0 Å². The number of methoxy groups -OCH3 is 1. The molecule has 7 nitrogen and oxygen atoms in total. The van der Waals surface area contributed by atoms with Crippen molar-refractivity contribution in [2.45, 2.75) is 39.7 Å². The fourth-order valence-electron chi connectivity index (χ4n) is 4.56. The monoisotopic (exact) mass is 446 g/mol. The van der Waals surface area contributed by atoms with Crippen LogP contribution in [0.25, 0.3) is 21.8 Å². The highest BCUT2D eigenvalue weighted by atomic mass is 16.5. The molecule has 1 saturated heterocycles. The number of H-pyrrole nitrogens is 1. The maximum absolute atomic E-state index is 6.34. The molecule has 0 spiro atoms. The van der Waals surface area contributed by atoms with Gasteiger partial charge in [0.2, 0.25) is 5.88 Å². The summed E-state index contributed by atoms with van der Waals surface area (Å²) >= 11 is 0. The summed E-state index contributed by atoms with van der Waals surface area (Å²) < 4.78 is 18.2. The Morgan fingerprint density at radius 1 is 1.06 bits per heavy atom. The number of hydrogen-bond acceptors (Lipinski definition) is 6. The smallest absolute Gasteiger partial charge is 0.230 e. The van der Waals surface area contributed by atoms with E-state index in [0.29, 0.717) is 23.3 Å². The van der Waals surface area contributed by atoms with Crippen LogP contribution in [0.2, 0.25) is 0 Å². The van der Waals surface area contributed by atoms with Gasteiger partial charge in [-0.3, -0.25) is 0 Å². The van der Waals surface area contributed by atoms with Gasteiger partial charge in [-0.15, -0.1) is 0 Å². The molecule has 0 aliphatic carbocycles. The lowest BCUT2D eigenvalue weighted by molar-refractivity contribution is 0.127. The van der Waals surface area contributed by atoms with Crippen LogP contribution in [0.4, 0.5) is 0 Å². The van der Waals surface area contributed by atoms with Gasteiger partial charge >= 0.3 is 0 Å². The summed E-state index contributed by atoms with van der Waals surface area (Å²) in [5.41, 5.74) is 4.22. The predicted molar refractivity (Wildman–Crippen MR) is 130 cm³/mol. The van der Waals surface area contributed by atoms with Crippen LogP contribution in [-0.4, -0.2) is 41.3 Å². The predicted octanol–water partition coefficient (Wildman–Crippen LogP) is 5.30. The van der Waals surface area contributed by atoms with E-state index in [4.69, 9.17) is 14.2 Å². The van der Waals surface area contributed by atoms with Crippen molar-refractivity contribution < 1.29 is 14.2 Å². The van der Waals surface area contributed by atoms with Crippen LogP contribution >= 0.6 is 0 Å². The Hall–Kier alpha value is -3.32. The number of fused-ring (bicyclic) bond motifs is 2. The molecular weight excluding hydrogens is 416 g/mol. The number of rotatable bonds is 6. The minimum absolute atomic E-state index is 0.0708. The van der Waals surface area contributed by atoms with E-state index in [2.05, 4.69) is 41.0 Å². The average Bonchev–Trinajstić information content (AvgIpc) is 3.12. The van der Waals surface area contributed by atoms with Gasteiger partial charge in [0.25, 0.3) is 0 Å². The molecule has 3 heterocycles. The van der Waals surface area contributed by atoms with E-state index in [0.717, 1.165) is 52.8 Å².